The lowest BCUT2D eigenvalue weighted by atomic mass is 9.93. The van der Waals surface area contributed by atoms with Gasteiger partial charge in [0.15, 0.2) is 0 Å². The van der Waals surface area contributed by atoms with Crippen LogP contribution in [0.2, 0.25) is 0 Å². The van der Waals surface area contributed by atoms with Crippen molar-refractivity contribution in [3.63, 3.8) is 0 Å². The standard InChI is InChI=1S/C24H31FN4OS/c25-18-6-7-22-20(16-18)23(21(17-26-22)24(30)29-12-14-31-15-13-29)28-10-8-27(9-11-28)19-4-2-1-3-5-19/h6-7,16-17,19H,1-5,8-15H2. The average Bonchev–Trinajstić information content (AvgIpc) is 2.84. The van der Waals surface area contributed by atoms with Crippen LogP contribution in [0.25, 0.3) is 10.9 Å². The highest BCUT2D eigenvalue weighted by molar-refractivity contribution is 7.99. The van der Waals surface area contributed by atoms with Crippen LogP contribution in [0.5, 0.6) is 0 Å². The summed E-state index contributed by atoms with van der Waals surface area (Å²) in [4.78, 5) is 24.8. The van der Waals surface area contributed by atoms with E-state index in [0.29, 0.717) is 11.6 Å². The zero-order valence-corrected chi connectivity index (χ0v) is 18.9. The van der Waals surface area contributed by atoms with Gasteiger partial charge in [0.2, 0.25) is 0 Å². The molecule has 0 bridgehead atoms. The van der Waals surface area contributed by atoms with Gasteiger partial charge in [-0.05, 0) is 31.0 Å². The van der Waals surface area contributed by atoms with Gasteiger partial charge in [-0.15, -0.1) is 0 Å². The molecule has 31 heavy (non-hydrogen) atoms. The second kappa shape index (κ2) is 9.33. The summed E-state index contributed by atoms with van der Waals surface area (Å²) in [6, 6.07) is 5.42. The molecule has 166 valence electrons. The van der Waals surface area contributed by atoms with E-state index in [0.717, 1.165) is 67.4 Å². The van der Waals surface area contributed by atoms with E-state index >= 15 is 0 Å². The van der Waals surface area contributed by atoms with Crippen LogP contribution < -0.4 is 4.90 Å². The molecule has 0 radical (unpaired) electrons. The van der Waals surface area contributed by atoms with E-state index in [2.05, 4.69) is 14.8 Å². The molecule has 2 aromatic rings. The molecule has 0 unspecified atom stereocenters. The van der Waals surface area contributed by atoms with Crippen LogP contribution in [0.4, 0.5) is 10.1 Å². The highest BCUT2D eigenvalue weighted by atomic mass is 32.2. The van der Waals surface area contributed by atoms with Gasteiger partial charge >= 0.3 is 0 Å². The Labute approximate surface area is 188 Å². The lowest BCUT2D eigenvalue weighted by molar-refractivity contribution is 0.0772. The molecule has 0 spiro atoms. The highest BCUT2D eigenvalue weighted by Crippen LogP contribution is 2.33. The third-order valence-electron chi connectivity index (χ3n) is 7.05. The second-order valence-corrected chi connectivity index (χ2v) is 10.1. The molecule has 5 rings (SSSR count). The molecule has 2 aliphatic heterocycles. The van der Waals surface area contributed by atoms with Gasteiger partial charge in [0.05, 0.1) is 16.8 Å². The Hall–Kier alpha value is -1.86. The first kappa shape index (κ1) is 21.0. The Kier molecular flexibility index (Phi) is 6.32. The maximum absolute atomic E-state index is 14.2. The van der Waals surface area contributed by atoms with Crippen LogP contribution in [-0.4, -0.2) is 77.5 Å². The zero-order chi connectivity index (χ0) is 21.2. The topological polar surface area (TPSA) is 39.7 Å². The number of fused-ring (bicyclic) bond motifs is 1. The minimum Gasteiger partial charge on any atom is -0.368 e. The van der Waals surface area contributed by atoms with Gasteiger partial charge in [-0.2, -0.15) is 11.8 Å². The summed E-state index contributed by atoms with van der Waals surface area (Å²) in [6.45, 7) is 5.25. The van der Waals surface area contributed by atoms with Crippen molar-refractivity contribution in [1.82, 2.24) is 14.8 Å². The maximum atomic E-state index is 14.2. The molecular weight excluding hydrogens is 411 g/mol. The van der Waals surface area contributed by atoms with Crippen molar-refractivity contribution in [2.24, 2.45) is 0 Å². The van der Waals surface area contributed by atoms with E-state index in [1.807, 2.05) is 16.7 Å². The first-order chi connectivity index (χ1) is 15.2. The summed E-state index contributed by atoms with van der Waals surface area (Å²) < 4.78 is 14.2. The maximum Gasteiger partial charge on any atom is 0.257 e. The van der Waals surface area contributed by atoms with Gasteiger partial charge in [0.25, 0.3) is 5.91 Å². The minimum atomic E-state index is -0.282. The van der Waals surface area contributed by atoms with Crippen LogP contribution in [0.1, 0.15) is 42.5 Å². The summed E-state index contributed by atoms with van der Waals surface area (Å²) in [5, 5.41) is 0.753. The average molecular weight is 443 g/mol. The quantitative estimate of drug-likeness (QED) is 0.718. The molecule has 1 amide bonds. The lowest BCUT2D eigenvalue weighted by Gasteiger charge is -2.42. The van der Waals surface area contributed by atoms with E-state index in [1.165, 1.54) is 38.2 Å². The number of carbonyl (C=O) groups excluding carboxylic acids is 1. The van der Waals surface area contributed by atoms with Crippen LogP contribution >= 0.6 is 11.8 Å². The Morgan fingerprint density at radius 1 is 1.00 bits per heavy atom. The van der Waals surface area contributed by atoms with Gasteiger partial charge in [-0.25, -0.2) is 4.39 Å². The summed E-state index contributed by atoms with van der Waals surface area (Å²) in [7, 11) is 0. The van der Waals surface area contributed by atoms with Crippen LogP contribution in [0.15, 0.2) is 24.4 Å². The van der Waals surface area contributed by atoms with Gasteiger partial charge in [0, 0.05) is 68.4 Å². The number of nitrogens with zero attached hydrogens (tertiary/aromatic N) is 4. The Morgan fingerprint density at radius 3 is 2.48 bits per heavy atom. The summed E-state index contributed by atoms with van der Waals surface area (Å²) in [5.74, 6) is 1.69. The molecule has 1 aromatic carbocycles. The smallest absolute Gasteiger partial charge is 0.257 e. The first-order valence-electron chi connectivity index (χ1n) is 11.6. The van der Waals surface area contributed by atoms with E-state index in [-0.39, 0.29) is 11.7 Å². The number of piperazine rings is 1. The number of aromatic nitrogens is 1. The minimum absolute atomic E-state index is 0.0312. The number of anilines is 1. The van der Waals surface area contributed by atoms with Crippen molar-refractivity contribution in [1.29, 1.82) is 0 Å². The van der Waals surface area contributed by atoms with Crippen molar-refractivity contribution >= 4 is 34.3 Å². The molecule has 7 heteroatoms. The Balaban J connectivity index is 1.45. The number of thioether (sulfide) groups is 1. The van der Waals surface area contributed by atoms with Crippen molar-refractivity contribution in [3.05, 3.63) is 35.8 Å². The molecule has 2 saturated heterocycles. The van der Waals surface area contributed by atoms with E-state index < -0.39 is 0 Å². The second-order valence-electron chi connectivity index (χ2n) is 8.90. The van der Waals surface area contributed by atoms with Crippen molar-refractivity contribution in [2.75, 3.05) is 55.7 Å². The van der Waals surface area contributed by atoms with E-state index in [1.54, 1.807) is 18.3 Å². The molecule has 0 atom stereocenters. The zero-order valence-electron chi connectivity index (χ0n) is 18.1. The molecular formula is C24H31FN4OS. The number of carbonyl (C=O) groups is 1. The van der Waals surface area contributed by atoms with E-state index in [9.17, 15) is 9.18 Å². The fraction of sp³-hybridized carbons (Fsp3) is 0.583. The van der Waals surface area contributed by atoms with Crippen molar-refractivity contribution in [2.45, 2.75) is 38.1 Å². The lowest BCUT2D eigenvalue weighted by Crippen LogP contribution is -2.51. The number of rotatable bonds is 3. The summed E-state index contributed by atoms with van der Waals surface area (Å²) in [5.41, 5.74) is 2.24. The highest BCUT2D eigenvalue weighted by Gasteiger charge is 2.30. The molecule has 1 aliphatic carbocycles. The molecule has 1 saturated carbocycles. The molecule has 0 N–H and O–H groups in total. The predicted molar refractivity (Wildman–Crippen MR) is 126 cm³/mol. The third kappa shape index (κ3) is 4.40. The molecule has 5 nitrogen and oxygen atoms in total. The first-order valence-corrected chi connectivity index (χ1v) is 12.8. The van der Waals surface area contributed by atoms with Crippen LogP contribution in [-0.2, 0) is 0 Å². The summed E-state index contributed by atoms with van der Waals surface area (Å²) in [6.07, 6.45) is 8.37. The number of halogens is 1. The SMILES string of the molecule is O=C(c1cnc2ccc(F)cc2c1N1CCN(C2CCCCC2)CC1)N1CCSCC1. The fourth-order valence-electron chi connectivity index (χ4n) is 5.34. The molecule has 1 aromatic heterocycles. The van der Waals surface area contributed by atoms with Gasteiger partial charge < -0.3 is 9.80 Å². The normalized spacial score (nSPS) is 21.6. The van der Waals surface area contributed by atoms with Crippen molar-refractivity contribution in [3.8, 4) is 0 Å². The Bertz CT molecular complexity index is 935. The monoisotopic (exact) mass is 442 g/mol. The predicted octanol–water partition coefficient (Wildman–Crippen LogP) is 4.02. The van der Waals surface area contributed by atoms with Crippen molar-refractivity contribution < 1.29 is 9.18 Å². The fourth-order valence-corrected chi connectivity index (χ4v) is 6.24. The van der Waals surface area contributed by atoms with Gasteiger partial charge in [-0.3, -0.25) is 14.7 Å². The third-order valence-corrected chi connectivity index (χ3v) is 7.99. The van der Waals surface area contributed by atoms with Gasteiger partial charge in [-0.1, -0.05) is 19.3 Å². The largest absolute Gasteiger partial charge is 0.368 e. The molecule has 3 fully saturated rings. The number of hydrogen-bond acceptors (Lipinski definition) is 5. The van der Waals surface area contributed by atoms with Crippen LogP contribution in [0, 0.1) is 5.82 Å². The number of pyridine rings is 1. The molecule has 3 heterocycles. The molecule has 3 aliphatic rings. The number of hydrogen-bond donors (Lipinski definition) is 0. The van der Waals surface area contributed by atoms with Gasteiger partial charge in [0.1, 0.15) is 5.82 Å². The van der Waals surface area contributed by atoms with Crippen LogP contribution in [0.3, 0.4) is 0 Å². The number of amides is 1. The van der Waals surface area contributed by atoms with E-state index in [4.69, 9.17) is 0 Å². The Morgan fingerprint density at radius 2 is 1.74 bits per heavy atom. The number of benzene rings is 1. The summed E-state index contributed by atoms with van der Waals surface area (Å²) >= 11 is 1.89.